The lowest BCUT2D eigenvalue weighted by Crippen LogP contribution is -3.11. The first-order valence-electron chi connectivity index (χ1n) is 11.9. The van der Waals surface area contributed by atoms with Crippen LogP contribution in [0, 0.1) is 0 Å². The summed E-state index contributed by atoms with van der Waals surface area (Å²) >= 11 is 0. The molecule has 1 aromatic carbocycles. The van der Waals surface area contributed by atoms with Gasteiger partial charge in [0.15, 0.2) is 0 Å². The Balaban J connectivity index is 1.42. The summed E-state index contributed by atoms with van der Waals surface area (Å²) in [6, 6.07) is 8.05. The summed E-state index contributed by atoms with van der Waals surface area (Å²) in [5.41, 5.74) is 1.98. The number of hydrogen-bond acceptors (Lipinski definition) is 2. The van der Waals surface area contributed by atoms with Crippen molar-refractivity contribution in [3.05, 3.63) is 35.4 Å². The van der Waals surface area contributed by atoms with Gasteiger partial charge in [-0.2, -0.15) is 0 Å². The molecule has 2 heterocycles. The van der Waals surface area contributed by atoms with E-state index in [0.717, 1.165) is 37.1 Å². The molecule has 0 aliphatic carbocycles. The molecule has 28 heavy (non-hydrogen) atoms. The van der Waals surface area contributed by atoms with Crippen LogP contribution in [-0.4, -0.2) is 49.5 Å². The highest BCUT2D eigenvalue weighted by atomic mass is 16.3. The second-order valence-electron chi connectivity index (χ2n) is 9.10. The molecule has 0 saturated carbocycles. The van der Waals surface area contributed by atoms with Gasteiger partial charge in [0, 0.05) is 12.8 Å². The Morgan fingerprint density at radius 3 is 1.21 bits per heavy atom. The normalized spacial score (nSPS) is 22.4. The van der Waals surface area contributed by atoms with Crippen LogP contribution in [-0.2, 0) is 0 Å². The lowest BCUT2D eigenvalue weighted by atomic mass is 10.0. The Morgan fingerprint density at radius 1 is 0.571 bits per heavy atom. The summed E-state index contributed by atoms with van der Waals surface area (Å²) in [7, 11) is 0. The Bertz CT molecular complexity index is 483. The predicted octanol–water partition coefficient (Wildman–Crippen LogP) is 1.45. The first-order chi connectivity index (χ1) is 13.7. The van der Waals surface area contributed by atoms with Gasteiger partial charge in [0.25, 0.3) is 0 Å². The Labute approximate surface area is 171 Å². The van der Waals surface area contributed by atoms with Gasteiger partial charge in [0.05, 0.1) is 51.5 Å². The van der Waals surface area contributed by atoms with Crippen LogP contribution in [0.5, 0.6) is 0 Å². The molecule has 0 aromatic heterocycles. The number of benzene rings is 1. The third-order valence-electron chi connectivity index (χ3n) is 6.87. The van der Waals surface area contributed by atoms with Crippen molar-refractivity contribution < 1.29 is 20.0 Å². The molecular formula is C24H42N2O2+2. The minimum atomic E-state index is -0.386. The molecule has 0 amide bonds. The number of aliphatic hydroxyl groups excluding tert-OH is 2. The standard InChI is InChI=1S/C24H40N2O2/c27-23(13-19-25-15-5-1-2-6-16-25)21-9-11-22(12-10-21)24(28)14-20-26-17-7-3-4-8-18-26/h9-12,23-24,27-28H,1-8,13-20H2/p+2/t23-,24-/m0/s1. The van der Waals surface area contributed by atoms with Crippen molar-refractivity contribution in [2.45, 2.75) is 76.4 Å². The summed E-state index contributed by atoms with van der Waals surface area (Å²) in [6.07, 6.45) is 11.7. The Hall–Kier alpha value is -0.940. The van der Waals surface area contributed by atoms with E-state index in [9.17, 15) is 10.2 Å². The zero-order chi connectivity index (χ0) is 19.6. The highest BCUT2D eigenvalue weighted by molar-refractivity contribution is 5.25. The highest BCUT2D eigenvalue weighted by Gasteiger charge is 2.18. The first-order valence-corrected chi connectivity index (χ1v) is 11.9. The third-order valence-corrected chi connectivity index (χ3v) is 6.87. The number of hydrogen-bond donors (Lipinski definition) is 4. The fourth-order valence-electron chi connectivity index (χ4n) is 4.91. The minimum Gasteiger partial charge on any atom is -0.388 e. The van der Waals surface area contributed by atoms with E-state index >= 15 is 0 Å². The van der Waals surface area contributed by atoms with Crippen LogP contribution in [0.1, 0.15) is 87.5 Å². The quantitative estimate of drug-likeness (QED) is 0.543. The van der Waals surface area contributed by atoms with Gasteiger partial charge in [-0.1, -0.05) is 24.3 Å². The first kappa shape index (κ1) is 21.8. The summed E-state index contributed by atoms with van der Waals surface area (Å²) in [6.45, 7) is 7.16. The maximum Gasteiger partial charge on any atom is 0.0843 e. The van der Waals surface area contributed by atoms with Gasteiger partial charge in [-0.05, 0) is 62.5 Å². The average Bonchev–Trinajstić information content (AvgIpc) is 3.15. The molecule has 2 fully saturated rings. The molecule has 4 nitrogen and oxygen atoms in total. The van der Waals surface area contributed by atoms with Gasteiger partial charge < -0.3 is 20.0 Å². The molecule has 4 heteroatoms. The molecular weight excluding hydrogens is 348 g/mol. The van der Waals surface area contributed by atoms with Crippen LogP contribution in [0.4, 0.5) is 0 Å². The monoisotopic (exact) mass is 390 g/mol. The zero-order valence-corrected chi connectivity index (χ0v) is 17.7. The summed E-state index contributed by atoms with van der Waals surface area (Å²) in [4.78, 5) is 3.30. The number of nitrogens with one attached hydrogen (secondary N) is 2. The van der Waals surface area contributed by atoms with Crippen LogP contribution < -0.4 is 9.80 Å². The van der Waals surface area contributed by atoms with Crippen LogP contribution >= 0.6 is 0 Å². The molecule has 0 spiro atoms. The Kier molecular flexibility index (Phi) is 9.26. The van der Waals surface area contributed by atoms with Crippen LogP contribution in [0.25, 0.3) is 0 Å². The summed E-state index contributed by atoms with van der Waals surface area (Å²) in [5, 5.41) is 21.1. The van der Waals surface area contributed by atoms with E-state index in [4.69, 9.17) is 0 Å². The fourth-order valence-corrected chi connectivity index (χ4v) is 4.91. The largest absolute Gasteiger partial charge is 0.388 e. The smallest absolute Gasteiger partial charge is 0.0843 e. The molecule has 2 saturated heterocycles. The molecule has 4 N–H and O–H groups in total. The molecule has 2 atom stereocenters. The highest BCUT2D eigenvalue weighted by Crippen LogP contribution is 2.21. The van der Waals surface area contributed by atoms with E-state index in [2.05, 4.69) is 0 Å². The molecule has 0 bridgehead atoms. The summed E-state index contributed by atoms with van der Waals surface area (Å²) < 4.78 is 0. The minimum absolute atomic E-state index is 0.386. The van der Waals surface area contributed by atoms with Crippen LogP contribution in [0.2, 0.25) is 0 Å². The van der Waals surface area contributed by atoms with E-state index in [1.54, 1.807) is 9.80 Å². The van der Waals surface area contributed by atoms with E-state index in [1.165, 1.54) is 77.5 Å². The topological polar surface area (TPSA) is 49.3 Å². The van der Waals surface area contributed by atoms with Crippen molar-refractivity contribution in [1.29, 1.82) is 0 Å². The maximum atomic E-state index is 10.6. The van der Waals surface area contributed by atoms with E-state index in [0.29, 0.717) is 0 Å². The predicted molar refractivity (Wildman–Crippen MR) is 114 cm³/mol. The molecule has 2 aliphatic rings. The lowest BCUT2D eigenvalue weighted by Gasteiger charge is -2.20. The Morgan fingerprint density at radius 2 is 0.893 bits per heavy atom. The van der Waals surface area contributed by atoms with Crippen molar-refractivity contribution in [1.82, 2.24) is 0 Å². The van der Waals surface area contributed by atoms with Gasteiger partial charge in [-0.3, -0.25) is 0 Å². The number of quaternary nitrogens is 2. The molecule has 158 valence electrons. The zero-order valence-electron chi connectivity index (χ0n) is 17.7. The molecule has 1 aromatic rings. The second-order valence-corrected chi connectivity index (χ2v) is 9.10. The number of likely N-dealkylation sites (tertiary alicyclic amines) is 2. The van der Waals surface area contributed by atoms with Gasteiger partial charge in [-0.15, -0.1) is 0 Å². The number of aliphatic hydroxyl groups is 2. The number of rotatable bonds is 8. The van der Waals surface area contributed by atoms with Crippen molar-refractivity contribution in [2.24, 2.45) is 0 Å². The van der Waals surface area contributed by atoms with Crippen molar-refractivity contribution >= 4 is 0 Å². The lowest BCUT2D eigenvalue weighted by molar-refractivity contribution is -0.900. The van der Waals surface area contributed by atoms with Gasteiger partial charge >= 0.3 is 0 Å². The maximum absolute atomic E-state index is 10.6. The fraction of sp³-hybridized carbons (Fsp3) is 0.750. The van der Waals surface area contributed by atoms with Crippen molar-refractivity contribution in [3.63, 3.8) is 0 Å². The molecule has 3 rings (SSSR count). The van der Waals surface area contributed by atoms with E-state index in [-0.39, 0.29) is 12.2 Å². The molecule has 2 aliphatic heterocycles. The van der Waals surface area contributed by atoms with E-state index in [1.807, 2.05) is 24.3 Å². The summed E-state index contributed by atoms with van der Waals surface area (Å²) in [5.74, 6) is 0. The van der Waals surface area contributed by atoms with Crippen molar-refractivity contribution in [2.75, 3.05) is 39.3 Å². The van der Waals surface area contributed by atoms with Crippen LogP contribution in [0.3, 0.4) is 0 Å². The van der Waals surface area contributed by atoms with Gasteiger partial charge in [0.1, 0.15) is 0 Å². The average molecular weight is 391 g/mol. The SMILES string of the molecule is O[C@@H](CC[NH+]1CCCCCC1)c1ccc([C@@H](O)CC[NH+]2CCCCCC2)cc1. The second kappa shape index (κ2) is 11.9. The molecule has 0 radical (unpaired) electrons. The van der Waals surface area contributed by atoms with Crippen molar-refractivity contribution in [3.8, 4) is 0 Å². The van der Waals surface area contributed by atoms with Crippen LogP contribution in [0.15, 0.2) is 24.3 Å². The van der Waals surface area contributed by atoms with Gasteiger partial charge in [-0.25, -0.2) is 0 Å². The van der Waals surface area contributed by atoms with Gasteiger partial charge in [0.2, 0.25) is 0 Å². The van der Waals surface area contributed by atoms with E-state index < -0.39 is 0 Å². The third kappa shape index (κ3) is 7.14. The molecule has 0 unspecified atom stereocenters.